The Labute approximate surface area is 263 Å². The number of carbonyl (C=O) groups excluding carboxylic acids is 2. The molecule has 236 valence electrons. The molecule has 2 aromatic carbocycles. The summed E-state index contributed by atoms with van der Waals surface area (Å²) in [5.41, 5.74) is 0.702. The molecular weight excluding hydrogens is 597 g/mol. The largest absolute Gasteiger partial charge is 0.493 e. The second kappa shape index (κ2) is 16.2. The summed E-state index contributed by atoms with van der Waals surface area (Å²) >= 11 is 12.7. The molecule has 0 radical (unpaired) electrons. The molecule has 43 heavy (non-hydrogen) atoms. The number of nitrogens with zero attached hydrogens (tertiary/aromatic N) is 2. The van der Waals surface area contributed by atoms with Crippen LogP contribution in [0, 0.1) is 0 Å². The van der Waals surface area contributed by atoms with Gasteiger partial charge in [-0.15, -0.1) is 0 Å². The van der Waals surface area contributed by atoms with Crippen LogP contribution in [0.25, 0.3) is 0 Å². The van der Waals surface area contributed by atoms with E-state index in [4.69, 9.17) is 46.9 Å². The quantitative estimate of drug-likeness (QED) is 0.457. The molecule has 1 N–H and O–H groups in total. The van der Waals surface area contributed by atoms with E-state index in [9.17, 15) is 9.59 Å². The molecule has 2 aromatic rings. The zero-order valence-corrected chi connectivity index (χ0v) is 26.6. The third-order valence-electron chi connectivity index (χ3n) is 7.74. The van der Waals surface area contributed by atoms with Crippen LogP contribution in [0.5, 0.6) is 23.0 Å². The topological polar surface area (TPSA) is 98.8 Å². The third kappa shape index (κ3) is 9.04. The molecule has 1 fully saturated rings. The summed E-state index contributed by atoms with van der Waals surface area (Å²) < 4.78 is 28.3. The maximum Gasteiger partial charge on any atom is 0.338 e. The number of benzene rings is 2. The van der Waals surface area contributed by atoms with Crippen LogP contribution in [-0.4, -0.2) is 102 Å². The SMILES string of the molecule is COc1cc(C(=O)OC2CCCOc3cc(cc(Cl)c3Cl)C(=O)NCCCN3CCCN(CC2)CC3)cc(OC)c1OC. The molecule has 2 aliphatic rings. The Balaban J connectivity index is 1.52. The molecular formula is C31H41Cl2N3O7. The van der Waals surface area contributed by atoms with Crippen molar-refractivity contribution in [2.24, 2.45) is 0 Å². The lowest BCUT2D eigenvalue weighted by Crippen LogP contribution is -2.34. The lowest BCUT2D eigenvalue weighted by atomic mass is 10.1. The summed E-state index contributed by atoms with van der Waals surface area (Å²) in [6.45, 7) is 6.46. The highest BCUT2D eigenvalue weighted by Crippen LogP contribution is 2.38. The summed E-state index contributed by atoms with van der Waals surface area (Å²) in [6, 6.07) is 6.35. The van der Waals surface area contributed by atoms with E-state index in [1.807, 2.05) is 0 Å². The molecule has 1 amide bonds. The summed E-state index contributed by atoms with van der Waals surface area (Å²) in [6.07, 6.45) is 3.38. The summed E-state index contributed by atoms with van der Waals surface area (Å²) in [5, 5.41) is 3.48. The second-order valence-corrected chi connectivity index (χ2v) is 11.4. The number of hydrogen-bond donors (Lipinski definition) is 1. The minimum atomic E-state index is -0.473. The van der Waals surface area contributed by atoms with Crippen molar-refractivity contribution in [3.05, 3.63) is 45.4 Å². The Bertz CT molecular complexity index is 1240. The number of amides is 1. The first-order valence-electron chi connectivity index (χ1n) is 14.7. The van der Waals surface area contributed by atoms with Crippen molar-refractivity contribution in [2.75, 3.05) is 73.7 Å². The molecule has 4 bridgehead atoms. The van der Waals surface area contributed by atoms with E-state index < -0.39 is 5.97 Å². The standard InChI is InChI=1S/C31H41Cl2N3O7/c1-39-26-19-22(20-27(40-2)29(26)41-3)31(38)43-23-7-4-16-42-25-18-21(17-24(32)28(25)33)30(37)34-9-5-10-35-11-6-12-36(13-8-23)15-14-35/h17-20,23H,4-16H2,1-3H3,(H,34,37). The van der Waals surface area contributed by atoms with Crippen molar-refractivity contribution in [3.8, 4) is 23.0 Å². The fourth-order valence-corrected chi connectivity index (χ4v) is 5.75. The van der Waals surface area contributed by atoms with Crippen molar-refractivity contribution in [1.82, 2.24) is 15.1 Å². The molecule has 0 spiro atoms. The van der Waals surface area contributed by atoms with Gasteiger partial charge in [0.05, 0.1) is 38.5 Å². The number of carbonyl (C=O) groups is 2. The molecule has 2 aliphatic heterocycles. The molecule has 10 nitrogen and oxygen atoms in total. The van der Waals surface area contributed by atoms with E-state index in [-0.39, 0.29) is 22.1 Å². The van der Waals surface area contributed by atoms with Crippen molar-refractivity contribution >= 4 is 35.1 Å². The Hall–Kier alpha value is -2.92. The van der Waals surface area contributed by atoms with Crippen molar-refractivity contribution in [2.45, 2.75) is 38.2 Å². The molecule has 2 heterocycles. The number of hydrogen-bond acceptors (Lipinski definition) is 9. The van der Waals surface area contributed by atoms with Gasteiger partial charge in [0.25, 0.3) is 5.91 Å². The van der Waals surface area contributed by atoms with Crippen molar-refractivity contribution in [1.29, 1.82) is 0 Å². The average Bonchev–Trinajstić information content (AvgIpc) is 3.25. The first kappa shape index (κ1) is 33.0. The normalized spacial score (nSPS) is 22.1. The maximum atomic E-state index is 13.4. The van der Waals surface area contributed by atoms with Crippen LogP contribution in [0.4, 0.5) is 0 Å². The predicted molar refractivity (Wildman–Crippen MR) is 166 cm³/mol. The Morgan fingerprint density at radius 1 is 0.860 bits per heavy atom. The molecule has 3 atom stereocenters. The third-order valence-corrected chi connectivity index (χ3v) is 8.53. The van der Waals surface area contributed by atoms with E-state index >= 15 is 0 Å². The zero-order chi connectivity index (χ0) is 30.8. The molecule has 12 heteroatoms. The van der Waals surface area contributed by atoms with Gasteiger partial charge in [-0.25, -0.2) is 4.79 Å². The predicted octanol–water partition coefficient (Wildman–Crippen LogP) is 4.94. The van der Waals surface area contributed by atoms with Crippen LogP contribution in [0.3, 0.4) is 0 Å². The fourth-order valence-electron chi connectivity index (χ4n) is 5.38. The zero-order valence-electron chi connectivity index (χ0n) is 25.1. The number of esters is 1. The van der Waals surface area contributed by atoms with Crippen molar-refractivity contribution < 1.29 is 33.3 Å². The number of ether oxygens (including phenoxy) is 5. The Morgan fingerprint density at radius 2 is 1.53 bits per heavy atom. The van der Waals surface area contributed by atoms with Gasteiger partial charge in [0.1, 0.15) is 16.9 Å². The van der Waals surface area contributed by atoms with Gasteiger partial charge in [-0.2, -0.15) is 0 Å². The lowest BCUT2D eigenvalue weighted by Gasteiger charge is -2.25. The summed E-state index contributed by atoms with van der Waals surface area (Å²) in [5.74, 6) is 0.809. The lowest BCUT2D eigenvalue weighted by molar-refractivity contribution is 0.0221. The first-order valence-corrected chi connectivity index (χ1v) is 15.4. The van der Waals surface area contributed by atoms with E-state index in [0.717, 1.165) is 52.1 Å². The maximum absolute atomic E-state index is 13.4. The van der Waals surface area contributed by atoms with E-state index in [1.54, 1.807) is 24.3 Å². The van der Waals surface area contributed by atoms with E-state index in [0.29, 0.717) is 66.5 Å². The molecule has 4 rings (SSSR count). The molecule has 0 saturated carbocycles. The van der Waals surface area contributed by atoms with Crippen LogP contribution in [0.1, 0.15) is 52.8 Å². The number of fused-ring (bicyclic) bond motifs is 5. The van der Waals surface area contributed by atoms with E-state index in [1.165, 1.54) is 21.3 Å². The van der Waals surface area contributed by atoms with Crippen LogP contribution < -0.4 is 24.3 Å². The Morgan fingerprint density at radius 3 is 2.21 bits per heavy atom. The summed E-state index contributed by atoms with van der Waals surface area (Å²) in [7, 11) is 4.52. The highest BCUT2D eigenvalue weighted by Gasteiger charge is 2.23. The van der Waals surface area contributed by atoms with Gasteiger partial charge in [-0.1, -0.05) is 23.2 Å². The number of rotatable bonds is 5. The number of halogens is 2. The number of methoxy groups -OCH3 is 3. The van der Waals surface area contributed by atoms with Crippen LogP contribution in [0.2, 0.25) is 10.0 Å². The van der Waals surface area contributed by atoms with Gasteiger partial charge in [0.2, 0.25) is 5.75 Å². The van der Waals surface area contributed by atoms with Gasteiger partial charge in [0, 0.05) is 31.7 Å². The van der Waals surface area contributed by atoms with Crippen LogP contribution in [-0.2, 0) is 4.74 Å². The first-order chi connectivity index (χ1) is 20.8. The van der Waals surface area contributed by atoms with Gasteiger partial charge in [-0.3, -0.25) is 4.79 Å². The van der Waals surface area contributed by atoms with Gasteiger partial charge >= 0.3 is 5.97 Å². The van der Waals surface area contributed by atoms with Crippen LogP contribution >= 0.6 is 23.2 Å². The molecule has 0 aliphatic carbocycles. The highest BCUT2D eigenvalue weighted by atomic mass is 35.5. The smallest absolute Gasteiger partial charge is 0.338 e. The van der Waals surface area contributed by atoms with Gasteiger partial charge in [0.15, 0.2) is 11.5 Å². The molecule has 3 unspecified atom stereocenters. The Kier molecular flexibility index (Phi) is 12.5. The van der Waals surface area contributed by atoms with Gasteiger partial charge < -0.3 is 38.8 Å². The molecule has 1 saturated heterocycles. The van der Waals surface area contributed by atoms with E-state index in [2.05, 4.69) is 15.1 Å². The van der Waals surface area contributed by atoms with Gasteiger partial charge in [-0.05, 0) is 76.0 Å². The fraction of sp³-hybridized carbons (Fsp3) is 0.548. The monoisotopic (exact) mass is 637 g/mol. The number of nitrogens with one attached hydrogen (secondary N) is 1. The average molecular weight is 639 g/mol. The minimum Gasteiger partial charge on any atom is -0.493 e. The summed E-state index contributed by atoms with van der Waals surface area (Å²) in [4.78, 5) is 31.0. The minimum absolute atomic E-state index is 0.220. The van der Waals surface area contributed by atoms with Crippen molar-refractivity contribution in [3.63, 3.8) is 0 Å². The molecule has 0 aromatic heterocycles. The second-order valence-electron chi connectivity index (χ2n) is 10.6. The highest BCUT2D eigenvalue weighted by molar-refractivity contribution is 6.43. The van der Waals surface area contributed by atoms with Crippen LogP contribution in [0.15, 0.2) is 24.3 Å².